The Labute approximate surface area is 121 Å². The molecule has 0 atom stereocenters. The SMILES string of the molecule is CCC(O)(CC)CNS(=O)(=O)c1cc(C)c(Br)s1. The monoisotopic (exact) mass is 355 g/mol. The molecule has 0 unspecified atom stereocenters. The number of sulfonamides is 1. The number of hydrogen-bond acceptors (Lipinski definition) is 4. The predicted molar refractivity (Wildman–Crippen MR) is 77.5 cm³/mol. The predicted octanol–water partition coefficient (Wildman–Crippen LogP) is 2.65. The second kappa shape index (κ2) is 6.00. The van der Waals surface area contributed by atoms with Gasteiger partial charge < -0.3 is 5.11 Å². The molecule has 0 aliphatic rings. The van der Waals surface area contributed by atoms with Crippen LogP contribution in [0.1, 0.15) is 32.3 Å². The number of thiophene rings is 1. The molecular weight excluding hydrogens is 338 g/mol. The zero-order chi connectivity index (χ0) is 14.0. The topological polar surface area (TPSA) is 66.4 Å². The van der Waals surface area contributed by atoms with Crippen molar-refractivity contribution in [3.8, 4) is 0 Å². The minimum atomic E-state index is -3.54. The molecule has 0 aliphatic carbocycles. The van der Waals surface area contributed by atoms with Gasteiger partial charge in [0.05, 0.1) is 9.39 Å². The third-order valence-electron chi connectivity index (χ3n) is 3.01. The minimum Gasteiger partial charge on any atom is -0.389 e. The van der Waals surface area contributed by atoms with E-state index in [4.69, 9.17) is 0 Å². The van der Waals surface area contributed by atoms with Crippen LogP contribution in [0.3, 0.4) is 0 Å². The van der Waals surface area contributed by atoms with E-state index in [1.54, 1.807) is 6.07 Å². The zero-order valence-corrected chi connectivity index (χ0v) is 13.9. The molecule has 0 saturated carbocycles. The maximum atomic E-state index is 12.0. The van der Waals surface area contributed by atoms with E-state index in [0.29, 0.717) is 12.8 Å². The number of aryl methyl sites for hydroxylation is 1. The van der Waals surface area contributed by atoms with Crippen molar-refractivity contribution < 1.29 is 13.5 Å². The lowest BCUT2D eigenvalue weighted by atomic mass is 9.98. The van der Waals surface area contributed by atoms with Crippen LogP contribution < -0.4 is 4.72 Å². The lowest BCUT2D eigenvalue weighted by molar-refractivity contribution is 0.0377. The van der Waals surface area contributed by atoms with E-state index in [1.165, 1.54) is 11.3 Å². The molecule has 0 fully saturated rings. The Kier molecular flexibility index (Phi) is 5.37. The molecule has 0 aliphatic heterocycles. The highest BCUT2D eigenvalue weighted by Crippen LogP contribution is 2.30. The molecule has 2 N–H and O–H groups in total. The van der Waals surface area contributed by atoms with Gasteiger partial charge >= 0.3 is 0 Å². The van der Waals surface area contributed by atoms with Crippen molar-refractivity contribution in [3.05, 3.63) is 15.4 Å². The first kappa shape index (κ1) is 16.1. The number of halogens is 1. The highest BCUT2D eigenvalue weighted by Gasteiger charge is 2.26. The molecule has 0 aromatic carbocycles. The maximum absolute atomic E-state index is 12.0. The van der Waals surface area contributed by atoms with Crippen LogP contribution in [0.15, 0.2) is 14.1 Å². The summed E-state index contributed by atoms with van der Waals surface area (Å²) in [6.45, 7) is 5.55. The number of aliphatic hydroxyl groups is 1. The van der Waals surface area contributed by atoms with Gasteiger partial charge in [-0.2, -0.15) is 0 Å². The van der Waals surface area contributed by atoms with Crippen molar-refractivity contribution >= 4 is 37.3 Å². The van der Waals surface area contributed by atoms with E-state index in [-0.39, 0.29) is 10.8 Å². The minimum absolute atomic E-state index is 0.0386. The van der Waals surface area contributed by atoms with Crippen LogP contribution in [0.4, 0.5) is 0 Å². The zero-order valence-electron chi connectivity index (χ0n) is 10.7. The molecule has 7 heteroatoms. The molecule has 0 spiro atoms. The summed E-state index contributed by atoms with van der Waals surface area (Å²) in [5, 5.41) is 10.1. The molecule has 18 heavy (non-hydrogen) atoms. The molecule has 1 aromatic heterocycles. The molecule has 0 saturated heterocycles. The average molecular weight is 356 g/mol. The average Bonchev–Trinajstić information content (AvgIpc) is 2.68. The number of rotatable bonds is 6. The van der Waals surface area contributed by atoms with Crippen LogP contribution >= 0.6 is 27.3 Å². The normalized spacial score (nSPS) is 12.9. The fourth-order valence-corrected chi connectivity index (χ4v) is 4.75. The molecule has 1 aromatic rings. The van der Waals surface area contributed by atoms with Crippen LogP contribution in [-0.2, 0) is 10.0 Å². The van der Waals surface area contributed by atoms with Crippen molar-refractivity contribution in [1.29, 1.82) is 0 Å². The van der Waals surface area contributed by atoms with E-state index in [1.807, 2.05) is 20.8 Å². The van der Waals surface area contributed by atoms with Gasteiger partial charge in [0.2, 0.25) is 10.0 Å². The highest BCUT2D eigenvalue weighted by atomic mass is 79.9. The summed E-state index contributed by atoms with van der Waals surface area (Å²) in [5.41, 5.74) is -0.0852. The first-order valence-electron chi connectivity index (χ1n) is 5.72. The fourth-order valence-electron chi connectivity index (χ4n) is 1.36. The summed E-state index contributed by atoms with van der Waals surface area (Å²) in [5.74, 6) is 0. The van der Waals surface area contributed by atoms with Gasteiger partial charge in [-0.3, -0.25) is 0 Å². The van der Waals surface area contributed by atoms with E-state index < -0.39 is 15.6 Å². The molecule has 4 nitrogen and oxygen atoms in total. The van der Waals surface area contributed by atoms with Gasteiger partial charge in [-0.1, -0.05) is 13.8 Å². The van der Waals surface area contributed by atoms with Crippen molar-refractivity contribution in [2.24, 2.45) is 0 Å². The standard InChI is InChI=1S/C11H18BrNO3S2/c1-4-11(14,5-2)7-13-18(15,16)9-6-8(3)10(12)17-9/h6,13-14H,4-5,7H2,1-3H3. The molecule has 0 amide bonds. The second-order valence-corrected chi connectivity index (χ2v) is 8.64. The summed E-state index contributed by atoms with van der Waals surface area (Å²) in [6, 6.07) is 1.62. The summed E-state index contributed by atoms with van der Waals surface area (Å²) < 4.78 is 27.6. The third-order valence-corrected chi connectivity index (χ3v) is 7.02. The van der Waals surface area contributed by atoms with Gasteiger partial charge in [0.1, 0.15) is 4.21 Å². The van der Waals surface area contributed by atoms with Gasteiger partial charge in [-0.15, -0.1) is 11.3 Å². The molecule has 1 rings (SSSR count). The van der Waals surface area contributed by atoms with Crippen molar-refractivity contribution in [3.63, 3.8) is 0 Å². The number of nitrogens with one attached hydrogen (secondary N) is 1. The summed E-state index contributed by atoms with van der Waals surface area (Å²) >= 11 is 4.48. The van der Waals surface area contributed by atoms with Gasteiger partial charge in [-0.05, 0) is 47.3 Å². The van der Waals surface area contributed by atoms with E-state index in [2.05, 4.69) is 20.7 Å². The largest absolute Gasteiger partial charge is 0.389 e. The van der Waals surface area contributed by atoms with Gasteiger partial charge in [0.15, 0.2) is 0 Å². The molecule has 0 radical (unpaired) electrons. The van der Waals surface area contributed by atoms with Crippen LogP contribution in [-0.4, -0.2) is 25.7 Å². The fraction of sp³-hybridized carbons (Fsp3) is 0.636. The summed E-state index contributed by atoms with van der Waals surface area (Å²) in [4.78, 5) is 0. The Hall–Kier alpha value is 0.0500. The summed E-state index contributed by atoms with van der Waals surface area (Å²) in [7, 11) is -3.54. The smallest absolute Gasteiger partial charge is 0.250 e. The van der Waals surface area contributed by atoms with Crippen molar-refractivity contribution in [1.82, 2.24) is 4.72 Å². The molecule has 1 heterocycles. The second-order valence-electron chi connectivity index (χ2n) is 4.28. The quantitative estimate of drug-likeness (QED) is 0.824. The van der Waals surface area contributed by atoms with Crippen LogP contribution in [0.25, 0.3) is 0 Å². The number of hydrogen-bond donors (Lipinski definition) is 2. The maximum Gasteiger partial charge on any atom is 0.250 e. The van der Waals surface area contributed by atoms with E-state index in [0.717, 1.165) is 9.35 Å². The van der Waals surface area contributed by atoms with Gasteiger partial charge in [0.25, 0.3) is 0 Å². The van der Waals surface area contributed by atoms with Crippen LogP contribution in [0.2, 0.25) is 0 Å². The van der Waals surface area contributed by atoms with E-state index >= 15 is 0 Å². The first-order chi connectivity index (χ1) is 8.24. The van der Waals surface area contributed by atoms with Crippen molar-refractivity contribution in [2.45, 2.75) is 43.4 Å². The lowest BCUT2D eigenvalue weighted by Gasteiger charge is -2.25. The highest BCUT2D eigenvalue weighted by molar-refractivity contribution is 9.11. The Bertz CT molecular complexity index is 487. The van der Waals surface area contributed by atoms with Crippen LogP contribution in [0.5, 0.6) is 0 Å². The Morgan fingerprint density at radius 2 is 2.00 bits per heavy atom. The third kappa shape index (κ3) is 3.77. The van der Waals surface area contributed by atoms with E-state index in [9.17, 15) is 13.5 Å². The van der Waals surface area contributed by atoms with Gasteiger partial charge in [-0.25, -0.2) is 13.1 Å². The Balaban J connectivity index is 2.83. The molecule has 0 bridgehead atoms. The first-order valence-corrected chi connectivity index (χ1v) is 8.81. The Morgan fingerprint density at radius 1 is 1.44 bits per heavy atom. The molecular formula is C11H18BrNO3S2. The Morgan fingerprint density at radius 3 is 2.39 bits per heavy atom. The van der Waals surface area contributed by atoms with Gasteiger partial charge in [0, 0.05) is 6.54 Å². The molecule has 104 valence electrons. The summed E-state index contributed by atoms with van der Waals surface area (Å²) in [6.07, 6.45) is 1.03. The van der Waals surface area contributed by atoms with Crippen molar-refractivity contribution in [2.75, 3.05) is 6.54 Å². The lowest BCUT2D eigenvalue weighted by Crippen LogP contribution is -2.41. The van der Waals surface area contributed by atoms with Crippen LogP contribution in [0, 0.1) is 6.92 Å².